The lowest BCUT2D eigenvalue weighted by molar-refractivity contribution is -0.123. The number of ether oxygens (including phenoxy) is 2. The van der Waals surface area contributed by atoms with Crippen molar-refractivity contribution in [3.63, 3.8) is 0 Å². The number of phenols is 1. The second-order valence-electron chi connectivity index (χ2n) is 6.97. The summed E-state index contributed by atoms with van der Waals surface area (Å²) in [6, 6.07) is 18.5. The summed E-state index contributed by atoms with van der Waals surface area (Å²) in [4.78, 5) is 31.6. The molecule has 4 aromatic rings. The molecule has 0 aliphatic heterocycles. The Kier molecular flexibility index (Phi) is 6.31. The van der Waals surface area contributed by atoms with E-state index >= 15 is 0 Å². The average molecular weight is 444 g/mol. The maximum atomic E-state index is 12.3. The normalized spacial score (nSPS) is 10.9. The minimum absolute atomic E-state index is 0.146. The molecule has 0 spiro atoms. The Morgan fingerprint density at radius 1 is 1.12 bits per heavy atom. The van der Waals surface area contributed by atoms with Crippen LogP contribution >= 0.6 is 0 Å². The zero-order chi connectivity index (χ0) is 23.2. The van der Waals surface area contributed by atoms with Gasteiger partial charge < -0.3 is 19.6 Å². The molecule has 1 aromatic heterocycles. The Labute approximate surface area is 188 Å². The highest BCUT2D eigenvalue weighted by atomic mass is 16.5. The average Bonchev–Trinajstić information content (AvgIpc) is 2.84. The van der Waals surface area contributed by atoms with Crippen LogP contribution in [0.15, 0.2) is 76.6 Å². The molecule has 0 fully saturated rings. The van der Waals surface area contributed by atoms with Gasteiger partial charge in [-0.3, -0.25) is 9.59 Å². The van der Waals surface area contributed by atoms with E-state index in [0.717, 1.165) is 0 Å². The van der Waals surface area contributed by atoms with Gasteiger partial charge in [0.05, 0.1) is 24.2 Å². The number of amides is 1. The summed E-state index contributed by atoms with van der Waals surface area (Å²) in [6.07, 6.45) is 1.45. The molecule has 0 aliphatic carbocycles. The molecular formula is C24H20N4O5. The topological polar surface area (TPSA) is 126 Å². The zero-order valence-corrected chi connectivity index (χ0v) is 17.6. The predicted molar refractivity (Wildman–Crippen MR) is 124 cm³/mol. The third-order valence-corrected chi connectivity index (χ3v) is 4.70. The predicted octanol–water partition coefficient (Wildman–Crippen LogP) is 2.83. The molecular weight excluding hydrogens is 424 g/mol. The summed E-state index contributed by atoms with van der Waals surface area (Å²) >= 11 is 0. The summed E-state index contributed by atoms with van der Waals surface area (Å²) in [5.41, 5.74) is 4.06. The molecule has 0 saturated heterocycles. The highest BCUT2D eigenvalue weighted by molar-refractivity contribution is 5.83. The first-order valence-electron chi connectivity index (χ1n) is 9.95. The van der Waals surface area contributed by atoms with E-state index in [4.69, 9.17) is 9.47 Å². The number of rotatable bonds is 7. The van der Waals surface area contributed by atoms with Crippen LogP contribution in [0.25, 0.3) is 22.3 Å². The molecule has 9 nitrogen and oxygen atoms in total. The number of aromatic amines is 1. The molecule has 3 N–H and O–H groups in total. The highest BCUT2D eigenvalue weighted by Crippen LogP contribution is 2.31. The van der Waals surface area contributed by atoms with E-state index in [1.807, 2.05) is 6.07 Å². The Morgan fingerprint density at radius 3 is 2.70 bits per heavy atom. The van der Waals surface area contributed by atoms with Crippen molar-refractivity contribution in [1.82, 2.24) is 15.4 Å². The van der Waals surface area contributed by atoms with Gasteiger partial charge >= 0.3 is 0 Å². The molecule has 1 amide bonds. The lowest BCUT2D eigenvalue weighted by Gasteiger charge is -2.11. The Bertz CT molecular complexity index is 1380. The maximum Gasteiger partial charge on any atom is 0.277 e. The maximum absolute atomic E-state index is 12.3. The smallest absolute Gasteiger partial charge is 0.277 e. The van der Waals surface area contributed by atoms with Gasteiger partial charge in [0, 0.05) is 5.56 Å². The van der Waals surface area contributed by atoms with Gasteiger partial charge in [0.15, 0.2) is 18.1 Å². The van der Waals surface area contributed by atoms with E-state index in [1.165, 1.54) is 25.5 Å². The highest BCUT2D eigenvalue weighted by Gasteiger charge is 2.12. The molecule has 33 heavy (non-hydrogen) atoms. The van der Waals surface area contributed by atoms with Crippen LogP contribution in [-0.2, 0) is 4.79 Å². The van der Waals surface area contributed by atoms with E-state index < -0.39 is 5.91 Å². The number of hydrogen-bond donors (Lipinski definition) is 3. The first-order chi connectivity index (χ1) is 16.0. The number of carbonyl (C=O) groups is 1. The van der Waals surface area contributed by atoms with Gasteiger partial charge in [0.1, 0.15) is 11.6 Å². The Hall–Kier alpha value is -4.66. The molecule has 0 aliphatic rings. The number of hydrogen-bond acceptors (Lipinski definition) is 7. The summed E-state index contributed by atoms with van der Waals surface area (Å²) in [5.74, 6) is 0.805. The van der Waals surface area contributed by atoms with E-state index in [9.17, 15) is 14.7 Å². The molecule has 0 radical (unpaired) electrons. The van der Waals surface area contributed by atoms with Crippen molar-refractivity contribution >= 4 is 23.0 Å². The van der Waals surface area contributed by atoms with Crippen LogP contribution in [0.3, 0.4) is 0 Å². The van der Waals surface area contributed by atoms with E-state index in [0.29, 0.717) is 39.4 Å². The molecule has 1 heterocycles. The van der Waals surface area contributed by atoms with Crippen LogP contribution in [0.5, 0.6) is 17.2 Å². The van der Waals surface area contributed by atoms with Crippen LogP contribution in [0, 0.1) is 0 Å². The number of aromatic hydroxyl groups is 1. The lowest BCUT2D eigenvalue weighted by atomic mass is 10.1. The number of fused-ring (bicyclic) bond motifs is 1. The van der Waals surface area contributed by atoms with Gasteiger partial charge in [0.25, 0.3) is 11.5 Å². The summed E-state index contributed by atoms with van der Waals surface area (Å²) in [5, 5.41) is 13.6. The molecule has 3 aromatic carbocycles. The minimum Gasteiger partial charge on any atom is -0.508 e. The summed E-state index contributed by atoms with van der Waals surface area (Å²) in [7, 11) is 1.48. The fraction of sp³-hybridized carbons (Fsp3) is 0.0833. The first-order valence-corrected chi connectivity index (χ1v) is 9.95. The fourth-order valence-corrected chi connectivity index (χ4v) is 3.07. The number of aromatic nitrogens is 2. The largest absolute Gasteiger partial charge is 0.508 e. The van der Waals surface area contributed by atoms with Crippen molar-refractivity contribution in [3.05, 3.63) is 82.6 Å². The number of H-pyrrole nitrogens is 1. The van der Waals surface area contributed by atoms with E-state index in [2.05, 4.69) is 20.5 Å². The van der Waals surface area contributed by atoms with Gasteiger partial charge in [-0.1, -0.05) is 12.1 Å². The summed E-state index contributed by atoms with van der Waals surface area (Å²) < 4.78 is 10.9. The standard InChI is InChI=1S/C24H20N4O5/c1-32-21-12-16(23-26-19-5-3-2-4-18(19)24(31)27-23)8-11-20(21)33-14-22(30)28-25-13-15-6-9-17(29)10-7-15/h2-13,29H,14H2,1H3,(H,28,30)(H,26,27,31)/b25-13+. The van der Waals surface area contributed by atoms with Gasteiger partial charge in [-0.05, 0) is 60.2 Å². The van der Waals surface area contributed by atoms with Crippen molar-refractivity contribution in [2.45, 2.75) is 0 Å². The van der Waals surface area contributed by atoms with E-state index in [-0.39, 0.29) is 17.9 Å². The third-order valence-electron chi connectivity index (χ3n) is 4.70. The number of benzene rings is 3. The van der Waals surface area contributed by atoms with Crippen LogP contribution in [0.1, 0.15) is 5.56 Å². The van der Waals surface area contributed by atoms with Crippen molar-refractivity contribution in [1.29, 1.82) is 0 Å². The monoisotopic (exact) mass is 444 g/mol. The molecule has 9 heteroatoms. The molecule has 0 unspecified atom stereocenters. The van der Waals surface area contributed by atoms with Crippen molar-refractivity contribution in [2.75, 3.05) is 13.7 Å². The molecule has 0 bridgehead atoms. The molecule has 0 saturated carbocycles. The van der Waals surface area contributed by atoms with Crippen molar-refractivity contribution in [3.8, 4) is 28.6 Å². The van der Waals surface area contributed by atoms with Crippen LogP contribution in [0.2, 0.25) is 0 Å². The number of hydrazone groups is 1. The van der Waals surface area contributed by atoms with Crippen molar-refractivity contribution in [2.24, 2.45) is 5.10 Å². The van der Waals surface area contributed by atoms with Crippen LogP contribution in [-0.4, -0.2) is 40.9 Å². The SMILES string of the molecule is COc1cc(-c2nc3ccccc3c(=O)[nH]2)ccc1OCC(=O)N/N=C/c1ccc(O)cc1. The number of nitrogens with one attached hydrogen (secondary N) is 2. The van der Waals surface area contributed by atoms with Gasteiger partial charge in [-0.2, -0.15) is 5.10 Å². The first kappa shape index (κ1) is 21.6. The van der Waals surface area contributed by atoms with Gasteiger partial charge in [-0.25, -0.2) is 10.4 Å². The van der Waals surface area contributed by atoms with Crippen molar-refractivity contribution < 1.29 is 19.4 Å². The van der Waals surface area contributed by atoms with Gasteiger partial charge in [-0.15, -0.1) is 0 Å². The lowest BCUT2D eigenvalue weighted by Crippen LogP contribution is -2.24. The number of methoxy groups -OCH3 is 1. The number of para-hydroxylation sites is 1. The number of nitrogens with zero attached hydrogens (tertiary/aromatic N) is 2. The van der Waals surface area contributed by atoms with Gasteiger partial charge in [0.2, 0.25) is 0 Å². The quantitative estimate of drug-likeness (QED) is 0.297. The fourth-order valence-electron chi connectivity index (χ4n) is 3.07. The zero-order valence-electron chi connectivity index (χ0n) is 17.6. The molecule has 0 atom stereocenters. The minimum atomic E-state index is -0.461. The number of phenolic OH excluding ortho intramolecular Hbond substituents is 1. The molecule has 4 rings (SSSR count). The Balaban J connectivity index is 1.43. The van der Waals surface area contributed by atoms with E-state index in [1.54, 1.807) is 48.5 Å². The summed E-state index contributed by atoms with van der Waals surface area (Å²) in [6.45, 7) is -0.284. The van der Waals surface area contributed by atoms with Crippen LogP contribution < -0.4 is 20.5 Å². The Morgan fingerprint density at radius 2 is 1.91 bits per heavy atom. The number of carbonyl (C=O) groups excluding carboxylic acids is 1. The second-order valence-corrected chi connectivity index (χ2v) is 6.97. The second kappa shape index (κ2) is 9.65. The third kappa shape index (κ3) is 5.16. The van der Waals surface area contributed by atoms with Crippen LogP contribution in [0.4, 0.5) is 0 Å². The molecule has 166 valence electrons.